The molecule has 0 spiro atoms. The molecular weight excluding hydrogens is 412 g/mol. The van der Waals surface area contributed by atoms with E-state index < -0.39 is 0 Å². The van der Waals surface area contributed by atoms with Crippen LogP contribution in [0, 0.1) is 0 Å². The molecule has 0 unspecified atom stereocenters. The third-order valence-corrected chi connectivity index (χ3v) is 5.27. The van der Waals surface area contributed by atoms with Crippen LogP contribution in [0.4, 0.5) is 5.82 Å². The van der Waals surface area contributed by atoms with Crippen molar-refractivity contribution in [2.75, 3.05) is 5.32 Å². The molecule has 0 radical (unpaired) electrons. The zero-order valence-corrected chi connectivity index (χ0v) is 19.2. The van der Waals surface area contributed by atoms with Gasteiger partial charge in [-0.3, -0.25) is 4.79 Å². The van der Waals surface area contributed by atoms with Gasteiger partial charge in [0.05, 0.1) is 6.42 Å². The molecule has 168 valence electrons. The van der Waals surface area contributed by atoms with Crippen molar-refractivity contribution < 1.29 is 14.1 Å². The van der Waals surface area contributed by atoms with Crippen LogP contribution in [-0.4, -0.2) is 11.1 Å². The Morgan fingerprint density at radius 1 is 0.879 bits per heavy atom. The van der Waals surface area contributed by atoms with Gasteiger partial charge in [0.2, 0.25) is 5.91 Å². The molecule has 3 aromatic carbocycles. The first-order valence-corrected chi connectivity index (χ1v) is 11.0. The van der Waals surface area contributed by atoms with Gasteiger partial charge in [0.25, 0.3) is 0 Å². The molecule has 0 aliphatic rings. The maximum atomic E-state index is 12.3. The van der Waals surface area contributed by atoms with Gasteiger partial charge in [-0.2, -0.15) is 0 Å². The fraction of sp³-hybridized carbons (Fsp3) is 0.214. The first-order valence-electron chi connectivity index (χ1n) is 11.0. The lowest BCUT2D eigenvalue weighted by atomic mass is 9.93. The summed E-state index contributed by atoms with van der Waals surface area (Å²) in [7, 11) is 0. The Bertz CT molecular complexity index is 1190. The van der Waals surface area contributed by atoms with E-state index in [0.717, 1.165) is 22.6 Å². The predicted octanol–water partition coefficient (Wildman–Crippen LogP) is 6.40. The zero-order valence-electron chi connectivity index (χ0n) is 19.2. The van der Waals surface area contributed by atoms with E-state index in [2.05, 4.69) is 46.9 Å². The first-order chi connectivity index (χ1) is 15.9. The van der Waals surface area contributed by atoms with Crippen LogP contribution in [0.3, 0.4) is 0 Å². The maximum Gasteiger partial charge on any atom is 0.230 e. The monoisotopic (exact) mass is 440 g/mol. The van der Waals surface area contributed by atoms with E-state index in [-0.39, 0.29) is 17.7 Å². The van der Waals surface area contributed by atoms with Gasteiger partial charge < -0.3 is 14.6 Å². The Morgan fingerprint density at radius 2 is 1.52 bits per heavy atom. The van der Waals surface area contributed by atoms with Gasteiger partial charge in [-0.15, -0.1) is 0 Å². The smallest absolute Gasteiger partial charge is 0.230 e. The van der Waals surface area contributed by atoms with Crippen LogP contribution in [0.2, 0.25) is 0 Å². The highest BCUT2D eigenvalue weighted by molar-refractivity contribution is 5.91. The molecule has 0 aliphatic heterocycles. The Balaban J connectivity index is 1.27. The van der Waals surface area contributed by atoms with Crippen LogP contribution in [0.5, 0.6) is 5.75 Å². The number of anilines is 1. The van der Waals surface area contributed by atoms with Crippen molar-refractivity contribution in [1.29, 1.82) is 0 Å². The first kappa shape index (κ1) is 22.3. The number of benzene rings is 3. The third kappa shape index (κ3) is 6.10. The lowest BCUT2D eigenvalue weighted by molar-refractivity contribution is -0.115. The minimum Gasteiger partial charge on any atom is -0.489 e. The second-order valence-corrected chi connectivity index (χ2v) is 9.05. The molecule has 0 fully saturated rings. The minimum atomic E-state index is -0.157. The maximum absolute atomic E-state index is 12.3. The van der Waals surface area contributed by atoms with Crippen LogP contribution in [0.15, 0.2) is 89.5 Å². The van der Waals surface area contributed by atoms with Crippen LogP contribution >= 0.6 is 0 Å². The summed E-state index contributed by atoms with van der Waals surface area (Å²) in [6, 6.07) is 28.0. The summed E-state index contributed by atoms with van der Waals surface area (Å²) in [6.45, 7) is 6.57. The van der Waals surface area contributed by atoms with E-state index in [0.29, 0.717) is 12.4 Å². The summed E-state index contributed by atoms with van der Waals surface area (Å²) < 4.78 is 11.2. The fourth-order valence-corrected chi connectivity index (χ4v) is 3.35. The van der Waals surface area contributed by atoms with Gasteiger partial charge in [-0.25, -0.2) is 0 Å². The lowest BCUT2D eigenvalue weighted by Gasteiger charge is -2.12. The second-order valence-electron chi connectivity index (χ2n) is 9.05. The van der Waals surface area contributed by atoms with Crippen LogP contribution in [0.25, 0.3) is 11.1 Å². The molecule has 4 rings (SSSR count). The van der Waals surface area contributed by atoms with Crippen molar-refractivity contribution in [3.05, 3.63) is 102 Å². The van der Waals surface area contributed by atoms with Crippen LogP contribution < -0.4 is 10.1 Å². The number of carbonyl (C=O) groups is 1. The van der Waals surface area contributed by atoms with Gasteiger partial charge in [0.15, 0.2) is 5.82 Å². The van der Waals surface area contributed by atoms with E-state index in [1.807, 2.05) is 63.2 Å². The topological polar surface area (TPSA) is 64.4 Å². The number of aromatic nitrogens is 1. The molecule has 0 bridgehead atoms. The van der Waals surface area contributed by atoms with Gasteiger partial charge in [0, 0.05) is 11.5 Å². The molecule has 1 N–H and O–H groups in total. The molecule has 4 aromatic rings. The summed E-state index contributed by atoms with van der Waals surface area (Å²) in [5.74, 6) is 1.78. The Hall–Kier alpha value is -3.86. The summed E-state index contributed by atoms with van der Waals surface area (Å²) in [5, 5.41) is 6.71. The van der Waals surface area contributed by atoms with E-state index in [4.69, 9.17) is 9.26 Å². The number of ether oxygens (including phenoxy) is 1. The van der Waals surface area contributed by atoms with Crippen LogP contribution in [0.1, 0.15) is 37.7 Å². The van der Waals surface area contributed by atoms with Gasteiger partial charge >= 0.3 is 0 Å². The molecule has 0 saturated carbocycles. The quantitative estimate of drug-likeness (QED) is 0.361. The number of nitrogens with one attached hydrogen (secondary N) is 1. The molecule has 5 heteroatoms. The van der Waals surface area contributed by atoms with E-state index in [1.54, 1.807) is 6.07 Å². The molecule has 33 heavy (non-hydrogen) atoms. The molecule has 5 nitrogen and oxygen atoms in total. The number of amides is 1. The van der Waals surface area contributed by atoms with Crippen molar-refractivity contribution in [3.8, 4) is 16.9 Å². The molecule has 1 aromatic heterocycles. The Labute approximate surface area is 194 Å². The Kier molecular flexibility index (Phi) is 6.59. The second kappa shape index (κ2) is 9.74. The predicted molar refractivity (Wildman–Crippen MR) is 130 cm³/mol. The van der Waals surface area contributed by atoms with Gasteiger partial charge in [0.1, 0.15) is 18.1 Å². The minimum absolute atomic E-state index is 0.143. The van der Waals surface area contributed by atoms with Crippen molar-refractivity contribution in [2.45, 2.75) is 39.2 Å². The number of rotatable bonds is 7. The molecule has 0 atom stereocenters. The molecule has 1 heterocycles. The number of nitrogens with zero attached hydrogens (tertiary/aromatic N) is 1. The van der Waals surface area contributed by atoms with E-state index in [1.165, 1.54) is 11.1 Å². The average Bonchev–Trinajstić information content (AvgIpc) is 3.28. The molecule has 0 aliphatic carbocycles. The van der Waals surface area contributed by atoms with Crippen LogP contribution in [-0.2, 0) is 23.2 Å². The summed E-state index contributed by atoms with van der Waals surface area (Å²) >= 11 is 0. The fourth-order valence-electron chi connectivity index (χ4n) is 3.35. The van der Waals surface area contributed by atoms with Crippen molar-refractivity contribution in [3.63, 3.8) is 0 Å². The summed E-state index contributed by atoms with van der Waals surface area (Å²) in [6.07, 6.45) is 0.249. The van der Waals surface area contributed by atoms with Crippen molar-refractivity contribution >= 4 is 11.7 Å². The summed E-state index contributed by atoms with van der Waals surface area (Å²) in [5.41, 5.74) is 4.22. The highest BCUT2D eigenvalue weighted by Crippen LogP contribution is 2.24. The lowest BCUT2D eigenvalue weighted by Crippen LogP contribution is -2.14. The molecule has 1 amide bonds. The number of carbonyl (C=O) groups excluding carboxylic acids is 1. The molecular formula is C28H28N2O3. The normalized spacial score (nSPS) is 11.2. The number of hydrogen-bond donors (Lipinski definition) is 1. The highest BCUT2D eigenvalue weighted by Gasteiger charge is 2.20. The van der Waals surface area contributed by atoms with Crippen molar-refractivity contribution in [1.82, 2.24) is 5.16 Å². The van der Waals surface area contributed by atoms with E-state index >= 15 is 0 Å². The molecule has 0 saturated heterocycles. The third-order valence-electron chi connectivity index (χ3n) is 5.27. The average molecular weight is 441 g/mol. The SMILES string of the molecule is CC(C)(C)c1cc(NC(=O)Cc2ccc(OCc3ccc(-c4ccccc4)cc3)cc2)no1. The largest absolute Gasteiger partial charge is 0.489 e. The number of hydrogen-bond acceptors (Lipinski definition) is 4. The summed E-state index contributed by atoms with van der Waals surface area (Å²) in [4.78, 5) is 12.3. The van der Waals surface area contributed by atoms with Gasteiger partial charge in [-0.05, 0) is 34.4 Å². The van der Waals surface area contributed by atoms with Crippen molar-refractivity contribution in [2.24, 2.45) is 0 Å². The van der Waals surface area contributed by atoms with E-state index in [9.17, 15) is 4.79 Å². The Morgan fingerprint density at radius 3 is 2.15 bits per heavy atom. The zero-order chi connectivity index (χ0) is 23.3. The highest BCUT2D eigenvalue weighted by atomic mass is 16.5. The standard InChI is InChI=1S/C28H28N2O3/c1-28(2,3)25-18-26(30-33-25)29-27(31)17-20-11-15-24(16-12-20)32-19-21-9-13-23(14-10-21)22-7-5-4-6-8-22/h4-16,18H,17,19H2,1-3H3,(H,29,30,31). The van der Waals surface area contributed by atoms with Gasteiger partial charge in [-0.1, -0.05) is 92.7 Å².